The van der Waals surface area contributed by atoms with Crippen molar-refractivity contribution in [2.24, 2.45) is 0 Å². The molecule has 0 aliphatic rings. The molecule has 1 N–H and O–H groups in total. The topological polar surface area (TPSA) is 29.9 Å². The Morgan fingerprint density at radius 2 is 1.95 bits per heavy atom. The van der Waals surface area contributed by atoms with Crippen LogP contribution in [0.15, 0.2) is 36.7 Å². The van der Waals surface area contributed by atoms with E-state index >= 15 is 0 Å². The third kappa shape index (κ3) is 3.62. The highest BCUT2D eigenvalue weighted by molar-refractivity contribution is 5.51. The van der Waals surface area contributed by atoms with Crippen molar-refractivity contribution >= 4 is 5.69 Å². The first-order valence-electron chi connectivity index (χ1n) is 7.36. The van der Waals surface area contributed by atoms with Crippen LogP contribution in [0.25, 0.3) is 0 Å². The second-order valence-corrected chi connectivity index (χ2v) is 6.22. The number of aromatic nitrogens is 2. The van der Waals surface area contributed by atoms with Gasteiger partial charge in [-0.1, -0.05) is 31.5 Å². The van der Waals surface area contributed by atoms with Gasteiger partial charge in [0.15, 0.2) is 0 Å². The van der Waals surface area contributed by atoms with Gasteiger partial charge in [0.1, 0.15) is 0 Å². The summed E-state index contributed by atoms with van der Waals surface area (Å²) >= 11 is 0. The van der Waals surface area contributed by atoms with Crippen LogP contribution in [0.2, 0.25) is 0 Å². The van der Waals surface area contributed by atoms with Gasteiger partial charge in [0.25, 0.3) is 0 Å². The van der Waals surface area contributed by atoms with Crippen LogP contribution in [-0.4, -0.2) is 9.78 Å². The van der Waals surface area contributed by atoms with Gasteiger partial charge in [0, 0.05) is 24.0 Å². The maximum atomic E-state index is 4.44. The first-order valence-corrected chi connectivity index (χ1v) is 7.36. The quantitative estimate of drug-likeness (QED) is 0.883. The van der Waals surface area contributed by atoms with Crippen LogP contribution >= 0.6 is 0 Å². The van der Waals surface area contributed by atoms with E-state index in [1.807, 2.05) is 10.9 Å². The van der Waals surface area contributed by atoms with Gasteiger partial charge < -0.3 is 5.32 Å². The Bertz CT molecular complexity index is 549. The van der Waals surface area contributed by atoms with Crippen molar-refractivity contribution in [2.75, 3.05) is 5.32 Å². The summed E-state index contributed by atoms with van der Waals surface area (Å²) in [6.07, 6.45) is 6.35. The minimum absolute atomic E-state index is 0.0400. The Morgan fingerprint density at radius 1 is 1.20 bits per heavy atom. The molecule has 0 atom stereocenters. The minimum Gasteiger partial charge on any atom is -0.381 e. The van der Waals surface area contributed by atoms with Crippen molar-refractivity contribution in [2.45, 2.75) is 52.6 Å². The van der Waals surface area contributed by atoms with Crippen LogP contribution in [0.4, 0.5) is 5.69 Å². The lowest BCUT2D eigenvalue weighted by atomic mass is 10.1. The average molecular weight is 271 g/mol. The van der Waals surface area contributed by atoms with Gasteiger partial charge in [-0.2, -0.15) is 5.10 Å². The largest absolute Gasteiger partial charge is 0.381 e. The Hall–Kier alpha value is -1.77. The van der Waals surface area contributed by atoms with Crippen molar-refractivity contribution in [1.82, 2.24) is 9.78 Å². The van der Waals surface area contributed by atoms with E-state index in [9.17, 15) is 0 Å². The van der Waals surface area contributed by atoms with Crippen LogP contribution in [0.5, 0.6) is 0 Å². The summed E-state index contributed by atoms with van der Waals surface area (Å²) in [7, 11) is 0. The molecule has 0 saturated carbocycles. The molecule has 0 unspecified atom stereocenters. The summed E-state index contributed by atoms with van der Waals surface area (Å²) in [5.41, 5.74) is 3.88. The molecule has 0 bridgehead atoms. The molecule has 0 saturated heterocycles. The van der Waals surface area contributed by atoms with E-state index in [1.54, 1.807) is 0 Å². The standard InChI is InChI=1S/C17H25N3/c1-5-8-15-9-6-7-10-16(15)18-11-14-12-19-20(13-14)17(2,3)4/h6-7,9-10,12-13,18H,5,8,11H2,1-4H3. The third-order valence-electron chi connectivity index (χ3n) is 3.34. The van der Waals surface area contributed by atoms with Gasteiger partial charge in [-0.25, -0.2) is 0 Å². The van der Waals surface area contributed by atoms with Crippen molar-refractivity contribution in [1.29, 1.82) is 0 Å². The van der Waals surface area contributed by atoms with Crippen LogP contribution in [0.1, 0.15) is 45.2 Å². The van der Waals surface area contributed by atoms with Gasteiger partial charge in [0.2, 0.25) is 0 Å². The van der Waals surface area contributed by atoms with Crippen molar-refractivity contribution in [3.8, 4) is 0 Å². The predicted molar refractivity (Wildman–Crippen MR) is 85.0 cm³/mol. The number of hydrogen-bond donors (Lipinski definition) is 1. The van der Waals surface area contributed by atoms with Crippen LogP contribution in [0, 0.1) is 0 Å². The van der Waals surface area contributed by atoms with E-state index in [0.29, 0.717) is 0 Å². The van der Waals surface area contributed by atoms with E-state index in [0.717, 1.165) is 13.0 Å². The van der Waals surface area contributed by atoms with E-state index in [4.69, 9.17) is 0 Å². The first kappa shape index (κ1) is 14.6. The zero-order chi connectivity index (χ0) is 14.6. The van der Waals surface area contributed by atoms with E-state index in [2.05, 4.69) is 68.6 Å². The molecule has 3 nitrogen and oxygen atoms in total. The molecule has 2 rings (SSSR count). The number of aryl methyl sites for hydroxylation is 1. The zero-order valence-corrected chi connectivity index (χ0v) is 13.0. The second-order valence-electron chi connectivity index (χ2n) is 6.22. The SMILES string of the molecule is CCCc1ccccc1NCc1cnn(C(C)(C)C)c1. The number of nitrogens with one attached hydrogen (secondary N) is 1. The molecular weight excluding hydrogens is 246 g/mol. The average Bonchev–Trinajstić information content (AvgIpc) is 2.87. The van der Waals surface area contributed by atoms with Gasteiger partial charge in [0.05, 0.1) is 11.7 Å². The maximum Gasteiger partial charge on any atom is 0.0543 e. The molecule has 0 aliphatic carbocycles. The molecule has 0 fully saturated rings. The molecule has 3 heteroatoms. The molecule has 2 aromatic rings. The fraction of sp³-hybridized carbons (Fsp3) is 0.471. The smallest absolute Gasteiger partial charge is 0.0543 e. The minimum atomic E-state index is 0.0400. The van der Waals surface area contributed by atoms with Gasteiger partial charge in [-0.05, 0) is 38.8 Å². The summed E-state index contributed by atoms with van der Waals surface area (Å²) in [5.74, 6) is 0. The lowest BCUT2D eigenvalue weighted by Gasteiger charge is -2.18. The Morgan fingerprint density at radius 3 is 2.60 bits per heavy atom. The number of anilines is 1. The molecule has 0 aliphatic heterocycles. The monoisotopic (exact) mass is 271 g/mol. The molecule has 20 heavy (non-hydrogen) atoms. The van der Waals surface area contributed by atoms with Crippen LogP contribution in [0.3, 0.4) is 0 Å². The number of nitrogens with zero attached hydrogens (tertiary/aromatic N) is 2. The lowest BCUT2D eigenvalue weighted by Crippen LogP contribution is -2.22. The fourth-order valence-corrected chi connectivity index (χ4v) is 2.20. The molecule has 1 aromatic carbocycles. The predicted octanol–water partition coefficient (Wildman–Crippen LogP) is 4.20. The highest BCUT2D eigenvalue weighted by Crippen LogP contribution is 2.18. The lowest BCUT2D eigenvalue weighted by molar-refractivity contribution is 0.355. The van der Waals surface area contributed by atoms with Crippen LogP contribution in [-0.2, 0) is 18.5 Å². The Balaban J connectivity index is 2.04. The molecular formula is C17H25N3. The zero-order valence-electron chi connectivity index (χ0n) is 13.0. The summed E-state index contributed by atoms with van der Waals surface area (Å²) in [5, 5.41) is 7.96. The molecule has 0 radical (unpaired) electrons. The number of rotatable bonds is 5. The number of para-hydroxylation sites is 1. The summed E-state index contributed by atoms with van der Waals surface area (Å²) in [4.78, 5) is 0. The Kier molecular flexibility index (Phi) is 4.48. The highest BCUT2D eigenvalue weighted by Gasteiger charge is 2.13. The number of benzene rings is 1. The third-order valence-corrected chi connectivity index (χ3v) is 3.34. The van der Waals surface area contributed by atoms with Crippen molar-refractivity contribution < 1.29 is 0 Å². The highest BCUT2D eigenvalue weighted by atomic mass is 15.3. The Labute approximate surface area is 122 Å². The second kappa shape index (κ2) is 6.12. The van der Waals surface area contributed by atoms with Gasteiger partial charge in [-0.15, -0.1) is 0 Å². The molecule has 108 valence electrons. The summed E-state index contributed by atoms with van der Waals surface area (Å²) in [6, 6.07) is 8.54. The van der Waals surface area contributed by atoms with Gasteiger partial charge in [-0.3, -0.25) is 4.68 Å². The normalized spacial score (nSPS) is 11.6. The molecule has 0 amide bonds. The molecule has 0 spiro atoms. The fourth-order valence-electron chi connectivity index (χ4n) is 2.20. The summed E-state index contributed by atoms with van der Waals surface area (Å²) in [6.45, 7) is 9.51. The number of hydrogen-bond acceptors (Lipinski definition) is 2. The van der Waals surface area contributed by atoms with Crippen molar-refractivity contribution in [3.05, 3.63) is 47.8 Å². The maximum absolute atomic E-state index is 4.44. The van der Waals surface area contributed by atoms with Crippen LogP contribution < -0.4 is 5.32 Å². The molecule has 1 heterocycles. The molecule has 1 aromatic heterocycles. The first-order chi connectivity index (χ1) is 9.50. The van der Waals surface area contributed by atoms with E-state index < -0.39 is 0 Å². The summed E-state index contributed by atoms with van der Waals surface area (Å²) < 4.78 is 2.02. The van der Waals surface area contributed by atoms with Gasteiger partial charge >= 0.3 is 0 Å². The van der Waals surface area contributed by atoms with E-state index in [1.165, 1.54) is 23.2 Å². The van der Waals surface area contributed by atoms with Crippen molar-refractivity contribution in [3.63, 3.8) is 0 Å². The van der Waals surface area contributed by atoms with E-state index in [-0.39, 0.29) is 5.54 Å².